The van der Waals surface area contributed by atoms with Crippen molar-refractivity contribution in [2.45, 2.75) is 44.8 Å². The Morgan fingerprint density at radius 3 is 2.64 bits per heavy atom. The minimum atomic E-state index is -0.0634. The molecule has 0 heterocycles. The van der Waals surface area contributed by atoms with Crippen molar-refractivity contribution in [2.75, 3.05) is 13.6 Å². The van der Waals surface area contributed by atoms with Gasteiger partial charge in [-0.2, -0.15) is 0 Å². The molecule has 0 unspecified atom stereocenters. The molecule has 1 saturated carbocycles. The molecule has 0 aromatic heterocycles. The molecule has 0 radical (unpaired) electrons. The van der Waals surface area contributed by atoms with Crippen molar-refractivity contribution < 1.29 is 5.11 Å². The van der Waals surface area contributed by atoms with E-state index in [9.17, 15) is 5.11 Å². The SMILES string of the molecule is CCCN(C)[C@H]1CCC[C@@H]1O. The summed E-state index contributed by atoms with van der Waals surface area (Å²) in [7, 11) is 2.11. The van der Waals surface area contributed by atoms with Crippen LogP contribution >= 0.6 is 0 Å². The van der Waals surface area contributed by atoms with Gasteiger partial charge in [-0.3, -0.25) is 0 Å². The molecule has 2 nitrogen and oxygen atoms in total. The molecule has 1 N–H and O–H groups in total. The largest absolute Gasteiger partial charge is 0.391 e. The third-order valence-corrected chi connectivity index (χ3v) is 2.59. The Bertz CT molecular complexity index is 116. The molecule has 2 atom stereocenters. The van der Waals surface area contributed by atoms with Crippen LogP contribution in [0.2, 0.25) is 0 Å². The van der Waals surface area contributed by atoms with Gasteiger partial charge in [-0.25, -0.2) is 0 Å². The molecular formula is C9H19NO. The number of hydrogen-bond donors (Lipinski definition) is 1. The van der Waals surface area contributed by atoms with Crippen molar-refractivity contribution >= 4 is 0 Å². The predicted molar refractivity (Wildman–Crippen MR) is 46.6 cm³/mol. The zero-order valence-corrected chi connectivity index (χ0v) is 7.58. The van der Waals surface area contributed by atoms with Gasteiger partial charge in [-0.15, -0.1) is 0 Å². The van der Waals surface area contributed by atoms with Crippen molar-refractivity contribution in [2.24, 2.45) is 0 Å². The van der Waals surface area contributed by atoms with Gasteiger partial charge in [0.15, 0.2) is 0 Å². The Morgan fingerprint density at radius 2 is 2.18 bits per heavy atom. The standard InChI is InChI=1S/C9H19NO/c1-3-7-10(2)8-5-4-6-9(8)11/h8-9,11H,3-7H2,1-2H3/t8-,9-/m0/s1. The van der Waals surface area contributed by atoms with Crippen LogP contribution in [-0.2, 0) is 0 Å². The second kappa shape index (κ2) is 4.07. The van der Waals surface area contributed by atoms with Crippen LogP contribution in [0.3, 0.4) is 0 Å². The van der Waals surface area contributed by atoms with Gasteiger partial charge in [-0.1, -0.05) is 6.92 Å². The molecule has 0 aromatic rings. The summed E-state index contributed by atoms with van der Waals surface area (Å²) in [5.74, 6) is 0. The van der Waals surface area contributed by atoms with Crippen LogP contribution in [0.4, 0.5) is 0 Å². The highest BCUT2D eigenvalue weighted by molar-refractivity contribution is 4.83. The Kier molecular flexibility index (Phi) is 3.34. The molecular weight excluding hydrogens is 138 g/mol. The van der Waals surface area contributed by atoms with E-state index in [1.54, 1.807) is 0 Å². The molecule has 1 aliphatic carbocycles. The van der Waals surface area contributed by atoms with E-state index >= 15 is 0 Å². The van der Waals surface area contributed by atoms with Gasteiger partial charge in [0.1, 0.15) is 0 Å². The van der Waals surface area contributed by atoms with E-state index < -0.39 is 0 Å². The minimum Gasteiger partial charge on any atom is -0.391 e. The fraction of sp³-hybridized carbons (Fsp3) is 1.00. The van der Waals surface area contributed by atoms with Crippen LogP contribution < -0.4 is 0 Å². The van der Waals surface area contributed by atoms with Crippen molar-refractivity contribution in [3.05, 3.63) is 0 Å². The first kappa shape index (κ1) is 9.01. The van der Waals surface area contributed by atoms with E-state index in [-0.39, 0.29) is 6.10 Å². The van der Waals surface area contributed by atoms with Crippen molar-refractivity contribution in [1.29, 1.82) is 0 Å². The fourth-order valence-electron chi connectivity index (χ4n) is 1.95. The van der Waals surface area contributed by atoms with Crippen molar-refractivity contribution in [1.82, 2.24) is 4.90 Å². The third kappa shape index (κ3) is 2.17. The van der Waals surface area contributed by atoms with Crippen LogP contribution in [0.5, 0.6) is 0 Å². The van der Waals surface area contributed by atoms with Crippen LogP contribution in [0, 0.1) is 0 Å². The lowest BCUT2D eigenvalue weighted by Crippen LogP contribution is -2.37. The zero-order valence-electron chi connectivity index (χ0n) is 7.58. The maximum atomic E-state index is 9.54. The quantitative estimate of drug-likeness (QED) is 0.666. The molecule has 66 valence electrons. The predicted octanol–water partition coefficient (Wildman–Crippen LogP) is 1.24. The molecule has 1 aliphatic rings. The molecule has 2 heteroatoms. The van der Waals surface area contributed by atoms with Gasteiger partial charge in [0.2, 0.25) is 0 Å². The van der Waals surface area contributed by atoms with E-state index in [0.717, 1.165) is 13.0 Å². The smallest absolute Gasteiger partial charge is 0.0695 e. The van der Waals surface area contributed by atoms with E-state index in [2.05, 4.69) is 18.9 Å². The van der Waals surface area contributed by atoms with Crippen LogP contribution in [-0.4, -0.2) is 35.7 Å². The van der Waals surface area contributed by atoms with Gasteiger partial charge < -0.3 is 10.0 Å². The number of aliphatic hydroxyl groups is 1. The van der Waals surface area contributed by atoms with Crippen LogP contribution in [0.15, 0.2) is 0 Å². The lowest BCUT2D eigenvalue weighted by molar-refractivity contribution is 0.0864. The van der Waals surface area contributed by atoms with Gasteiger partial charge in [0.25, 0.3) is 0 Å². The summed E-state index contributed by atoms with van der Waals surface area (Å²) < 4.78 is 0. The van der Waals surface area contributed by atoms with Gasteiger partial charge >= 0.3 is 0 Å². The van der Waals surface area contributed by atoms with Gasteiger partial charge in [0.05, 0.1) is 6.10 Å². The van der Waals surface area contributed by atoms with E-state index in [1.165, 1.54) is 19.3 Å². The Balaban J connectivity index is 2.33. The molecule has 1 fully saturated rings. The highest BCUT2D eigenvalue weighted by atomic mass is 16.3. The van der Waals surface area contributed by atoms with Gasteiger partial charge in [0, 0.05) is 6.04 Å². The maximum absolute atomic E-state index is 9.54. The average molecular weight is 157 g/mol. The first-order valence-electron chi connectivity index (χ1n) is 4.64. The number of nitrogens with zero attached hydrogens (tertiary/aromatic N) is 1. The Labute approximate surface area is 69.2 Å². The summed E-state index contributed by atoms with van der Waals surface area (Å²) in [5.41, 5.74) is 0. The highest BCUT2D eigenvalue weighted by Crippen LogP contribution is 2.22. The zero-order chi connectivity index (χ0) is 8.27. The summed E-state index contributed by atoms with van der Waals surface area (Å²) >= 11 is 0. The normalized spacial score (nSPS) is 31.6. The number of aliphatic hydroxyl groups excluding tert-OH is 1. The summed E-state index contributed by atoms with van der Waals surface area (Å²) in [6.45, 7) is 3.29. The number of likely N-dealkylation sites (N-methyl/N-ethyl adjacent to an activating group) is 1. The Morgan fingerprint density at radius 1 is 1.45 bits per heavy atom. The summed E-state index contributed by atoms with van der Waals surface area (Å²) in [5, 5.41) is 9.54. The van der Waals surface area contributed by atoms with E-state index in [1.807, 2.05) is 0 Å². The summed E-state index contributed by atoms with van der Waals surface area (Å²) in [4.78, 5) is 2.29. The number of hydrogen-bond acceptors (Lipinski definition) is 2. The first-order valence-corrected chi connectivity index (χ1v) is 4.64. The molecule has 0 bridgehead atoms. The highest BCUT2D eigenvalue weighted by Gasteiger charge is 2.27. The summed E-state index contributed by atoms with van der Waals surface area (Å²) in [6.07, 6.45) is 4.49. The van der Waals surface area contributed by atoms with Crippen LogP contribution in [0.1, 0.15) is 32.6 Å². The van der Waals surface area contributed by atoms with Crippen molar-refractivity contribution in [3.8, 4) is 0 Å². The number of rotatable bonds is 3. The molecule has 0 saturated heterocycles. The molecule has 0 spiro atoms. The Hall–Kier alpha value is -0.0800. The lowest BCUT2D eigenvalue weighted by atomic mass is 10.2. The van der Waals surface area contributed by atoms with E-state index in [0.29, 0.717) is 6.04 Å². The third-order valence-electron chi connectivity index (χ3n) is 2.59. The fourth-order valence-corrected chi connectivity index (χ4v) is 1.95. The average Bonchev–Trinajstić information content (AvgIpc) is 2.36. The molecule has 11 heavy (non-hydrogen) atoms. The first-order chi connectivity index (χ1) is 5.25. The molecule has 1 rings (SSSR count). The lowest BCUT2D eigenvalue weighted by Gasteiger charge is -2.26. The molecule has 0 aromatic carbocycles. The molecule has 0 amide bonds. The topological polar surface area (TPSA) is 23.5 Å². The van der Waals surface area contributed by atoms with Crippen molar-refractivity contribution in [3.63, 3.8) is 0 Å². The minimum absolute atomic E-state index is 0.0634. The second-order valence-electron chi connectivity index (χ2n) is 3.55. The monoisotopic (exact) mass is 157 g/mol. The van der Waals surface area contributed by atoms with E-state index in [4.69, 9.17) is 0 Å². The second-order valence-corrected chi connectivity index (χ2v) is 3.55. The maximum Gasteiger partial charge on any atom is 0.0695 e. The summed E-state index contributed by atoms with van der Waals surface area (Å²) in [6, 6.07) is 0.440. The van der Waals surface area contributed by atoms with Crippen LogP contribution in [0.25, 0.3) is 0 Å². The molecule has 0 aliphatic heterocycles. The van der Waals surface area contributed by atoms with Gasteiger partial charge in [-0.05, 0) is 39.3 Å².